The molecule has 2 heterocycles. The minimum atomic E-state index is -0.108. The number of piperidine rings is 1. The molecule has 0 bridgehead atoms. The Kier molecular flexibility index (Phi) is 5.33. The Morgan fingerprint density at radius 1 is 1.20 bits per heavy atom. The number of methoxy groups -OCH3 is 1. The summed E-state index contributed by atoms with van der Waals surface area (Å²) in [7, 11) is 1.54. The van der Waals surface area contributed by atoms with Crippen molar-refractivity contribution >= 4 is 11.7 Å². The van der Waals surface area contributed by atoms with Crippen LogP contribution in [0.25, 0.3) is 0 Å². The molecular weight excluding hydrogens is 320 g/mol. The van der Waals surface area contributed by atoms with Crippen LogP contribution in [-0.4, -0.2) is 47.4 Å². The number of hydrogen-bond acceptors (Lipinski definition) is 5. The number of carbonyl (C=O) groups is 1. The zero-order valence-electron chi connectivity index (χ0n) is 14.4. The number of rotatable bonds is 4. The van der Waals surface area contributed by atoms with Gasteiger partial charge in [0.05, 0.1) is 13.7 Å². The van der Waals surface area contributed by atoms with Gasteiger partial charge < -0.3 is 19.7 Å². The molecule has 1 fully saturated rings. The lowest BCUT2D eigenvalue weighted by atomic mass is 10.1. The molecule has 1 aromatic carbocycles. The second-order valence-electron chi connectivity index (χ2n) is 5.99. The van der Waals surface area contributed by atoms with Gasteiger partial charge in [-0.25, -0.2) is 4.79 Å². The first kappa shape index (κ1) is 17.0. The van der Waals surface area contributed by atoms with Crippen LogP contribution < -0.4 is 14.8 Å². The number of benzene rings is 1. The van der Waals surface area contributed by atoms with E-state index >= 15 is 0 Å². The molecule has 7 nitrogen and oxygen atoms in total. The Hall–Kier alpha value is -2.83. The van der Waals surface area contributed by atoms with E-state index in [2.05, 4.69) is 15.5 Å². The van der Waals surface area contributed by atoms with Crippen LogP contribution in [0.3, 0.4) is 0 Å². The van der Waals surface area contributed by atoms with E-state index in [4.69, 9.17) is 9.47 Å². The second kappa shape index (κ2) is 7.83. The number of aryl methyl sites for hydroxylation is 1. The van der Waals surface area contributed by atoms with Crippen LogP contribution in [0.2, 0.25) is 0 Å². The van der Waals surface area contributed by atoms with Crippen molar-refractivity contribution in [3.05, 3.63) is 42.0 Å². The number of anilines is 1. The Morgan fingerprint density at radius 3 is 2.68 bits per heavy atom. The summed E-state index contributed by atoms with van der Waals surface area (Å²) in [6.07, 6.45) is 1.66. The van der Waals surface area contributed by atoms with Crippen LogP contribution in [-0.2, 0) is 0 Å². The number of para-hydroxylation sites is 1. The number of aromatic nitrogens is 2. The Labute approximate surface area is 147 Å². The van der Waals surface area contributed by atoms with Crippen LogP contribution in [0.5, 0.6) is 11.8 Å². The molecule has 0 radical (unpaired) electrons. The molecule has 132 valence electrons. The zero-order chi connectivity index (χ0) is 17.6. The maximum absolute atomic E-state index is 12.5. The molecule has 3 rings (SSSR count). The topological polar surface area (TPSA) is 76.6 Å². The van der Waals surface area contributed by atoms with E-state index in [-0.39, 0.29) is 12.1 Å². The van der Waals surface area contributed by atoms with Crippen LogP contribution >= 0.6 is 0 Å². The first-order chi connectivity index (χ1) is 12.2. The number of nitrogens with zero attached hydrogens (tertiary/aromatic N) is 3. The third-order valence-electron chi connectivity index (χ3n) is 4.16. The van der Waals surface area contributed by atoms with Gasteiger partial charge in [0, 0.05) is 24.4 Å². The predicted octanol–water partition coefficient (Wildman–Crippen LogP) is 2.87. The lowest BCUT2D eigenvalue weighted by molar-refractivity contribution is 0.101. The third-order valence-corrected chi connectivity index (χ3v) is 4.16. The summed E-state index contributed by atoms with van der Waals surface area (Å²) < 4.78 is 10.8. The molecule has 1 saturated heterocycles. The fourth-order valence-electron chi connectivity index (χ4n) is 2.78. The van der Waals surface area contributed by atoms with Crippen molar-refractivity contribution in [3.63, 3.8) is 0 Å². The minimum Gasteiger partial charge on any atom is -0.480 e. The SMILES string of the molecule is COc1ccc(OC2CCCN(C(=O)Nc3ccccc3C)C2)nn1. The van der Waals surface area contributed by atoms with Crippen LogP contribution in [0.15, 0.2) is 36.4 Å². The van der Waals surface area contributed by atoms with Crippen molar-refractivity contribution in [2.24, 2.45) is 0 Å². The van der Waals surface area contributed by atoms with Crippen molar-refractivity contribution in [2.45, 2.75) is 25.9 Å². The summed E-state index contributed by atoms with van der Waals surface area (Å²) in [6, 6.07) is 11.0. The summed E-state index contributed by atoms with van der Waals surface area (Å²) in [5, 5.41) is 10.8. The summed E-state index contributed by atoms with van der Waals surface area (Å²) in [5.74, 6) is 0.877. The van der Waals surface area contributed by atoms with Gasteiger partial charge in [0.2, 0.25) is 11.8 Å². The summed E-state index contributed by atoms with van der Waals surface area (Å²) in [4.78, 5) is 14.3. The average Bonchev–Trinajstić information content (AvgIpc) is 2.64. The molecule has 0 saturated carbocycles. The van der Waals surface area contributed by atoms with Gasteiger partial charge in [-0.1, -0.05) is 18.2 Å². The third kappa shape index (κ3) is 4.37. The van der Waals surface area contributed by atoms with Gasteiger partial charge in [-0.2, -0.15) is 0 Å². The Balaban J connectivity index is 1.58. The number of carbonyl (C=O) groups excluding carboxylic acids is 1. The van der Waals surface area contributed by atoms with Crippen molar-refractivity contribution < 1.29 is 14.3 Å². The average molecular weight is 342 g/mol. The van der Waals surface area contributed by atoms with Gasteiger partial charge in [0.15, 0.2) is 0 Å². The number of ether oxygens (including phenoxy) is 2. The molecule has 2 aromatic rings. The minimum absolute atomic E-state index is 0.0981. The highest BCUT2D eigenvalue weighted by atomic mass is 16.5. The van der Waals surface area contributed by atoms with Gasteiger partial charge in [-0.3, -0.25) is 0 Å². The molecule has 25 heavy (non-hydrogen) atoms. The van der Waals surface area contributed by atoms with E-state index in [0.717, 1.165) is 24.1 Å². The fraction of sp³-hybridized carbons (Fsp3) is 0.389. The molecule has 1 aromatic heterocycles. The van der Waals surface area contributed by atoms with Gasteiger partial charge in [0.25, 0.3) is 0 Å². The summed E-state index contributed by atoms with van der Waals surface area (Å²) in [5.41, 5.74) is 1.87. The maximum atomic E-state index is 12.5. The highest BCUT2D eigenvalue weighted by molar-refractivity contribution is 5.90. The largest absolute Gasteiger partial charge is 0.480 e. The lowest BCUT2D eigenvalue weighted by Gasteiger charge is -2.32. The van der Waals surface area contributed by atoms with E-state index < -0.39 is 0 Å². The molecule has 0 aliphatic carbocycles. The van der Waals surface area contributed by atoms with Crippen molar-refractivity contribution in [2.75, 3.05) is 25.5 Å². The fourth-order valence-corrected chi connectivity index (χ4v) is 2.78. The maximum Gasteiger partial charge on any atom is 0.321 e. The lowest BCUT2D eigenvalue weighted by Crippen LogP contribution is -2.46. The number of likely N-dealkylation sites (tertiary alicyclic amines) is 1. The van der Waals surface area contributed by atoms with Crippen molar-refractivity contribution in [1.29, 1.82) is 0 Å². The standard InChI is InChI=1S/C18H22N4O3/c1-13-6-3-4-8-15(13)19-18(23)22-11-5-7-14(12-22)25-17-10-9-16(24-2)20-21-17/h3-4,6,8-10,14H,5,7,11-12H2,1-2H3,(H,19,23). The molecule has 1 aliphatic rings. The van der Waals surface area contributed by atoms with E-state index in [1.165, 1.54) is 7.11 Å². The van der Waals surface area contributed by atoms with E-state index in [0.29, 0.717) is 24.8 Å². The first-order valence-electron chi connectivity index (χ1n) is 8.31. The second-order valence-corrected chi connectivity index (χ2v) is 5.99. The molecule has 1 aliphatic heterocycles. The smallest absolute Gasteiger partial charge is 0.321 e. The summed E-state index contributed by atoms with van der Waals surface area (Å²) in [6.45, 7) is 3.21. The van der Waals surface area contributed by atoms with E-state index in [9.17, 15) is 4.79 Å². The van der Waals surface area contributed by atoms with E-state index in [1.54, 1.807) is 17.0 Å². The van der Waals surface area contributed by atoms with Gasteiger partial charge in [0.1, 0.15) is 6.10 Å². The highest BCUT2D eigenvalue weighted by Crippen LogP contribution is 2.19. The monoisotopic (exact) mass is 342 g/mol. The number of hydrogen-bond donors (Lipinski definition) is 1. The normalized spacial score (nSPS) is 17.0. The van der Waals surface area contributed by atoms with E-state index in [1.807, 2.05) is 31.2 Å². The number of nitrogens with one attached hydrogen (secondary N) is 1. The molecule has 1 atom stereocenters. The highest BCUT2D eigenvalue weighted by Gasteiger charge is 2.25. The van der Waals surface area contributed by atoms with Gasteiger partial charge >= 0.3 is 6.03 Å². The molecule has 2 amide bonds. The number of amides is 2. The van der Waals surface area contributed by atoms with Crippen LogP contribution in [0, 0.1) is 6.92 Å². The quantitative estimate of drug-likeness (QED) is 0.924. The van der Waals surface area contributed by atoms with Gasteiger partial charge in [-0.05, 0) is 31.4 Å². The van der Waals surface area contributed by atoms with Gasteiger partial charge in [-0.15, -0.1) is 10.2 Å². The molecular formula is C18H22N4O3. The summed E-state index contributed by atoms with van der Waals surface area (Å²) >= 11 is 0. The molecule has 7 heteroatoms. The van der Waals surface area contributed by atoms with Crippen molar-refractivity contribution in [1.82, 2.24) is 15.1 Å². The van der Waals surface area contributed by atoms with Crippen LogP contribution in [0.4, 0.5) is 10.5 Å². The predicted molar refractivity (Wildman–Crippen MR) is 94.0 cm³/mol. The Bertz CT molecular complexity index is 721. The van der Waals surface area contributed by atoms with Crippen LogP contribution in [0.1, 0.15) is 18.4 Å². The molecule has 0 spiro atoms. The molecule has 1 unspecified atom stereocenters. The number of urea groups is 1. The molecule has 1 N–H and O–H groups in total. The van der Waals surface area contributed by atoms with Crippen molar-refractivity contribution in [3.8, 4) is 11.8 Å². The zero-order valence-corrected chi connectivity index (χ0v) is 14.4. The first-order valence-corrected chi connectivity index (χ1v) is 8.31. The Morgan fingerprint density at radius 2 is 1.96 bits per heavy atom.